The van der Waals surface area contributed by atoms with Crippen molar-refractivity contribution in [2.24, 2.45) is 5.92 Å². The van der Waals surface area contributed by atoms with Crippen molar-refractivity contribution >= 4 is 11.9 Å². The van der Waals surface area contributed by atoms with Crippen LogP contribution in [0.2, 0.25) is 0 Å². The van der Waals surface area contributed by atoms with Gasteiger partial charge in [-0.1, -0.05) is 0 Å². The van der Waals surface area contributed by atoms with Gasteiger partial charge in [0.1, 0.15) is 11.4 Å². The number of carboxylic acids is 2. The van der Waals surface area contributed by atoms with Gasteiger partial charge in [0.05, 0.1) is 5.92 Å². The molecule has 1 aliphatic carbocycles. The van der Waals surface area contributed by atoms with E-state index < -0.39 is 23.5 Å². The molecule has 1 aliphatic rings. The Morgan fingerprint density at radius 3 is 2.38 bits per heavy atom. The van der Waals surface area contributed by atoms with E-state index in [1.807, 2.05) is 0 Å². The van der Waals surface area contributed by atoms with Gasteiger partial charge >= 0.3 is 11.9 Å². The van der Waals surface area contributed by atoms with Crippen LogP contribution in [-0.4, -0.2) is 27.3 Å². The fraction of sp³-hybridized carbons (Fsp3) is 0.400. The van der Waals surface area contributed by atoms with E-state index in [-0.39, 0.29) is 24.4 Å². The van der Waals surface area contributed by atoms with Gasteiger partial charge in [0.2, 0.25) is 5.76 Å². The zero-order valence-corrected chi connectivity index (χ0v) is 8.21. The van der Waals surface area contributed by atoms with Crippen molar-refractivity contribution in [2.45, 2.75) is 18.4 Å². The first-order chi connectivity index (χ1) is 7.42. The molecule has 1 aromatic rings. The molecule has 0 spiro atoms. The smallest absolute Gasteiger partial charge is 0.371 e. The monoisotopic (exact) mass is 226 g/mol. The number of aliphatic hydroxyl groups is 1. The molecule has 3 N–H and O–H groups in total. The average molecular weight is 226 g/mol. The zero-order valence-electron chi connectivity index (χ0n) is 8.21. The van der Waals surface area contributed by atoms with Crippen molar-refractivity contribution in [2.75, 3.05) is 0 Å². The first-order valence-electron chi connectivity index (χ1n) is 4.71. The third-order valence-corrected chi connectivity index (χ3v) is 2.79. The van der Waals surface area contributed by atoms with E-state index in [1.54, 1.807) is 0 Å². The largest absolute Gasteiger partial charge is 0.481 e. The molecule has 0 aromatic carbocycles. The number of rotatable bonds is 3. The number of furan rings is 1. The lowest BCUT2D eigenvalue weighted by Gasteiger charge is -2.39. The van der Waals surface area contributed by atoms with Gasteiger partial charge in [-0.3, -0.25) is 4.79 Å². The molecule has 0 atom stereocenters. The highest BCUT2D eigenvalue weighted by Crippen LogP contribution is 2.46. The summed E-state index contributed by atoms with van der Waals surface area (Å²) in [4.78, 5) is 21.1. The molecule has 1 aromatic heterocycles. The summed E-state index contributed by atoms with van der Waals surface area (Å²) in [6, 6.07) is 2.60. The van der Waals surface area contributed by atoms with Crippen LogP contribution in [-0.2, 0) is 10.4 Å². The van der Waals surface area contributed by atoms with Crippen molar-refractivity contribution in [3.8, 4) is 0 Å². The predicted octanol–water partition coefficient (Wildman–Crippen LogP) is 0.660. The molecule has 0 amide bonds. The number of carbonyl (C=O) groups is 2. The molecule has 1 heterocycles. The third-order valence-electron chi connectivity index (χ3n) is 2.79. The lowest BCUT2D eigenvalue weighted by Crippen LogP contribution is -2.44. The predicted molar refractivity (Wildman–Crippen MR) is 49.9 cm³/mol. The standard InChI is InChI=1S/C10H10O6/c11-8(12)5-3-10(15,4-5)7-2-1-6(16-7)9(13)14/h1-2,5,15H,3-4H2,(H,11,12)(H,13,14). The van der Waals surface area contributed by atoms with E-state index in [1.165, 1.54) is 12.1 Å². The Balaban J connectivity index is 2.14. The summed E-state index contributed by atoms with van der Waals surface area (Å²) >= 11 is 0. The van der Waals surface area contributed by atoms with Gasteiger partial charge in [-0.15, -0.1) is 0 Å². The molecular formula is C10H10O6. The van der Waals surface area contributed by atoms with Gasteiger partial charge in [0, 0.05) is 0 Å². The van der Waals surface area contributed by atoms with E-state index in [4.69, 9.17) is 14.6 Å². The second-order valence-corrected chi connectivity index (χ2v) is 3.94. The maximum atomic E-state index is 10.6. The van der Waals surface area contributed by atoms with Crippen molar-refractivity contribution < 1.29 is 29.3 Å². The van der Waals surface area contributed by atoms with Gasteiger partial charge in [-0.2, -0.15) is 0 Å². The van der Waals surface area contributed by atoms with Gasteiger partial charge in [0.25, 0.3) is 0 Å². The lowest BCUT2D eigenvalue weighted by molar-refractivity contribution is -0.162. The molecule has 6 heteroatoms. The summed E-state index contributed by atoms with van der Waals surface area (Å²) in [6.45, 7) is 0. The highest BCUT2D eigenvalue weighted by Gasteiger charge is 2.49. The fourth-order valence-electron chi connectivity index (χ4n) is 1.83. The number of hydrogen-bond donors (Lipinski definition) is 3. The van der Waals surface area contributed by atoms with Crippen LogP contribution in [0.4, 0.5) is 0 Å². The molecule has 86 valence electrons. The molecule has 0 saturated heterocycles. The SMILES string of the molecule is O=C(O)c1ccc(C2(O)CC(C(=O)O)C2)o1. The summed E-state index contributed by atoms with van der Waals surface area (Å²) in [7, 11) is 0. The van der Waals surface area contributed by atoms with E-state index in [9.17, 15) is 14.7 Å². The summed E-state index contributed by atoms with van der Waals surface area (Å²) in [6.07, 6.45) is 0.101. The van der Waals surface area contributed by atoms with Gasteiger partial charge in [0.15, 0.2) is 0 Å². The Hall–Kier alpha value is -1.82. The van der Waals surface area contributed by atoms with Crippen LogP contribution >= 0.6 is 0 Å². The first-order valence-corrected chi connectivity index (χ1v) is 4.71. The van der Waals surface area contributed by atoms with Gasteiger partial charge in [-0.25, -0.2) is 4.79 Å². The zero-order chi connectivity index (χ0) is 11.9. The summed E-state index contributed by atoms with van der Waals surface area (Å²) in [5.41, 5.74) is -1.34. The number of hydrogen-bond acceptors (Lipinski definition) is 4. The molecule has 6 nitrogen and oxygen atoms in total. The first kappa shape index (κ1) is 10.7. The second kappa shape index (κ2) is 3.34. The molecular weight excluding hydrogens is 216 g/mol. The Labute approximate surface area is 90.1 Å². The van der Waals surface area contributed by atoms with Crippen LogP contribution < -0.4 is 0 Å². The van der Waals surface area contributed by atoms with E-state index >= 15 is 0 Å². The van der Waals surface area contributed by atoms with Crippen LogP contribution in [0.25, 0.3) is 0 Å². The normalized spacial score (nSPS) is 28.4. The van der Waals surface area contributed by atoms with Crippen molar-refractivity contribution in [3.05, 3.63) is 23.7 Å². The molecule has 2 rings (SSSR count). The Morgan fingerprint density at radius 2 is 1.94 bits per heavy atom. The van der Waals surface area contributed by atoms with Crippen LogP contribution in [0.3, 0.4) is 0 Å². The maximum Gasteiger partial charge on any atom is 0.371 e. The van der Waals surface area contributed by atoms with E-state index in [2.05, 4.69) is 0 Å². The highest BCUT2D eigenvalue weighted by molar-refractivity contribution is 5.84. The fourth-order valence-corrected chi connectivity index (χ4v) is 1.83. The van der Waals surface area contributed by atoms with Crippen molar-refractivity contribution in [1.82, 2.24) is 0 Å². The summed E-state index contributed by atoms with van der Waals surface area (Å²) < 4.78 is 4.94. The average Bonchev–Trinajstić information content (AvgIpc) is 2.61. The lowest BCUT2D eigenvalue weighted by atomic mass is 9.69. The summed E-state index contributed by atoms with van der Waals surface area (Å²) in [5.74, 6) is -2.92. The van der Waals surface area contributed by atoms with Crippen molar-refractivity contribution in [1.29, 1.82) is 0 Å². The molecule has 0 aliphatic heterocycles. The molecule has 1 saturated carbocycles. The topological polar surface area (TPSA) is 108 Å². The van der Waals surface area contributed by atoms with E-state index in [0.29, 0.717) is 0 Å². The second-order valence-electron chi connectivity index (χ2n) is 3.94. The molecule has 16 heavy (non-hydrogen) atoms. The third kappa shape index (κ3) is 1.57. The number of aliphatic carboxylic acids is 1. The number of carboxylic acid groups (broad SMARTS) is 2. The van der Waals surface area contributed by atoms with E-state index in [0.717, 1.165) is 0 Å². The number of aromatic carboxylic acids is 1. The minimum atomic E-state index is -1.34. The molecule has 1 fully saturated rings. The van der Waals surface area contributed by atoms with Gasteiger partial charge < -0.3 is 19.7 Å². The van der Waals surface area contributed by atoms with Crippen molar-refractivity contribution in [3.63, 3.8) is 0 Å². The molecule has 0 bridgehead atoms. The Bertz CT molecular complexity index is 440. The minimum absolute atomic E-state index is 0.0505. The van der Waals surface area contributed by atoms with Gasteiger partial charge in [-0.05, 0) is 25.0 Å². The maximum absolute atomic E-state index is 10.6. The van der Waals surface area contributed by atoms with Crippen LogP contribution in [0.15, 0.2) is 16.5 Å². The summed E-state index contributed by atoms with van der Waals surface area (Å²) in [5, 5.41) is 27.2. The molecule has 0 unspecified atom stereocenters. The minimum Gasteiger partial charge on any atom is -0.481 e. The van der Waals surface area contributed by atoms with Crippen LogP contribution in [0, 0.1) is 5.92 Å². The Morgan fingerprint density at radius 1 is 1.31 bits per heavy atom. The Kier molecular flexibility index (Phi) is 2.23. The molecule has 0 radical (unpaired) electrons. The quantitative estimate of drug-likeness (QED) is 0.698. The highest BCUT2D eigenvalue weighted by atomic mass is 16.4. The van der Waals surface area contributed by atoms with Crippen LogP contribution in [0.5, 0.6) is 0 Å². The van der Waals surface area contributed by atoms with Crippen LogP contribution in [0.1, 0.15) is 29.2 Å².